The van der Waals surface area contributed by atoms with Gasteiger partial charge in [-0.05, 0) is 53.4 Å². The van der Waals surface area contributed by atoms with Gasteiger partial charge in [-0.15, -0.1) is 0 Å². The van der Waals surface area contributed by atoms with Gasteiger partial charge in [-0.1, -0.05) is 53.2 Å². The van der Waals surface area contributed by atoms with Crippen LogP contribution in [0.5, 0.6) is 0 Å². The highest BCUT2D eigenvalue weighted by molar-refractivity contribution is 6.31. The molecule has 1 aliphatic heterocycles. The average molecular weight is 516 g/mol. The quantitative estimate of drug-likeness (QED) is 0.284. The van der Waals surface area contributed by atoms with E-state index in [-0.39, 0.29) is 5.82 Å². The highest BCUT2D eigenvalue weighted by atomic mass is 35.5. The van der Waals surface area contributed by atoms with Crippen molar-refractivity contribution in [1.29, 1.82) is 0 Å². The summed E-state index contributed by atoms with van der Waals surface area (Å²) in [6, 6.07) is 18.7. The van der Waals surface area contributed by atoms with Gasteiger partial charge in [0.25, 0.3) is 0 Å². The molecule has 1 fully saturated rings. The number of aliphatic hydroxyl groups is 4. The van der Waals surface area contributed by atoms with E-state index in [1.165, 1.54) is 19.2 Å². The van der Waals surface area contributed by atoms with E-state index in [2.05, 4.69) is 5.16 Å². The molecule has 0 radical (unpaired) electrons. The third-order valence-corrected chi connectivity index (χ3v) is 6.58. The molecule has 4 N–H and O–H groups in total. The molecule has 5 atom stereocenters. The van der Waals surface area contributed by atoms with Gasteiger partial charge in [-0.25, -0.2) is 4.39 Å². The van der Waals surface area contributed by atoms with Gasteiger partial charge in [-0.3, -0.25) is 0 Å². The Kier molecular flexibility index (Phi) is 8.35. The van der Waals surface area contributed by atoms with Gasteiger partial charge in [0, 0.05) is 16.1 Å². The lowest BCUT2D eigenvalue weighted by Gasteiger charge is -2.40. The molecule has 9 heteroatoms. The highest BCUT2D eigenvalue weighted by Crippen LogP contribution is 2.34. The average Bonchev–Trinajstić information content (AvgIpc) is 2.89. The third-order valence-electron chi connectivity index (χ3n) is 6.21. The van der Waals surface area contributed by atoms with Crippen LogP contribution in [0, 0.1) is 5.82 Å². The molecular weight excluding hydrogens is 489 g/mol. The molecule has 0 aliphatic carbocycles. The molecule has 3 aromatic rings. The van der Waals surface area contributed by atoms with E-state index in [0.717, 1.165) is 16.7 Å². The first-order valence-electron chi connectivity index (χ1n) is 11.4. The van der Waals surface area contributed by atoms with Gasteiger partial charge >= 0.3 is 0 Å². The fraction of sp³-hybridized carbons (Fsp3) is 0.296. The molecule has 1 saturated heterocycles. The zero-order chi connectivity index (χ0) is 25.8. The number of rotatable bonds is 7. The molecule has 0 amide bonds. The normalized spacial score (nSPS) is 24.5. The van der Waals surface area contributed by atoms with Crippen molar-refractivity contribution >= 4 is 17.3 Å². The molecule has 7 nitrogen and oxygen atoms in total. The van der Waals surface area contributed by atoms with E-state index in [9.17, 15) is 24.8 Å². The van der Waals surface area contributed by atoms with Crippen LogP contribution < -0.4 is 0 Å². The maximum Gasteiger partial charge on any atom is 0.123 e. The Morgan fingerprint density at radius 1 is 0.944 bits per heavy atom. The standard InChI is InChI=1S/C27H27ClFNO6/c1-35-30-23(17-6-9-20(29)10-7-17)16-4-2-15(3-5-16)12-19-13-18(8-11-21(19)28)27-26(34)25(33)24(32)22(14-31)36-27/h2-11,13,22,24-27,31-34H,12,14H2,1H3/b30-23-/t22-,24-,25+,26-,27+/m1/s1. The summed E-state index contributed by atoms with van der Waals surface area (Å²) in [6.45, 7) is -0.499. The monoisotopic (exact) mass is 515 g/mol. The van der Waals surface area contributed by atoms with Gasteiger partial charge in [0.2, 0.25) is 0 Å². The second-order valence-electron chi connectivity index (χ2n) is 8.60. The topological polar surface area (TPSA) is 112 Å². The Balaban J connectivity index is 1.56. The minimum absolute atomic E-state index is 0.339. The Hall–Kier alpha value is -2.85. The lowest BCUT2D eigenvalue weighted by molar-refractivity contribution is -0.231. The summed E-state index contributed by atoms with van der Waals surface area (Å²) in [6.07, 6.45) is -5.73. The van der Waals surface area contributed by atoms with Gasteiger partial charge in [0.1, 0.15) is 49.2 Å². The van der Waals surface area contributed by atoms with Crippen molar-refractivity contribution in [3.8, 4) is 0 Å². The fourth-order valence-electron chi connectivity index (χ4n) is 4.26. The Labute approximate surface area is 213 Å². The lowest BCUT2D eigenvalue weighted by Crippen LogP contribution is -2.55. The molecular formula is C27H27ClFNO6. The second kappa shape index (κ2) is 11.5. The fourth-order valence-corrected chi connectivity index (χ4v) is 4.44. The van der Waals surface area contributed by atoms with E-state index in [4.69, 9.17) is 21.2 Å². The molecule has 36 heavy (non-hydrogen) atoms. The molecule has 3 aromatic carbocycles. The van der Waals surface area contributed by atoms with Gasteiger partial charge in [-0.2, -0.15) is 0 Å². The van der Waals surface area contributed by atoms with Gasteiger partial charge < -0.3 is 30.0 Å². The van der Waals surface area contributed by atoms with Gasteiger partial charge in [0.15, 0.2) is 0 Å². The molecule has 0 spiro atoms. The van der Waals surface area contributed by atoms with Crippen LogP contribution in [0.4, 0.5) is 4.39 Å². The number of oxime groups is 1. The lowest BCUT2D eigenvalue weighted by atomic mass is 9.90. The van der Waals surface area contributed by atoms with Crippen molar-refractivity contribution in [3.63, 3.8) is 0 Å². The molecule has 0 aromatic heterocycles. The molecule has 0 bridgehead atoms. The van der Waals surface area contributed by atoms with Crippen LogP contribution >= 0.6 is 11.6 Å². The number of hydrogen-bond acceptors (Lipinski definition) is 7. The first kappa shape index (κ1) is 26.2. The van der Waals surface area contributed by atoms with E-state index >= 15 is 0 Å². The largest absolute Gasteiger partial charge is 0.399 e. The number of ether oxygens (including phenoxy) is 1. The van der Waals surface area contributed by atoms with Crippen LogP contribution in [0.25, 0.3) is 0 Å². The second-order valence-corrected chi connectivity index (χ2v) is 9.01. The third kappa shape index (κ3) is 5.59. The molecule has 190 valence electrons. The summed E-state index contributed by atoms with van der Waals surface area (Å²) < 4.78 is 19.0. The molecule has 0 saturated carbocycles. The van der Waals surface area contributed by atoms with Crippen LogP contribution in [0.15, 0.2) is 71.9 Å². The molecule has 0 unspecified atom stereocenters. The SMILES string of the molecule is CO/N=C(\c1ccc(F)cc1)c1ccc(Cc2cc([C@@H]3O[C@H](CO)[C@@H](O)[C@H](O)[C@H]3O)ccc2Cl)cc1. The Bertz CT molecular complexity index is 1200. The van der Waals surface area contributed by atoms with Crippen LogP contribution in [-0.2, 0) is 16.0 Å². The summed E-state index contributed by atoms with van der Waals surface area (Å²) in [5.41, 5.74) is 4.33. The first-order chi connectivity index (χ1) is 17.3. The van der Waals surface area contributed by atoms with Crippen LogP contribution in [0.2, 0.25) is 5.02 Å². The maximum absolute atomic E-state index is 13.3. The van der Waals surface area contributed by atoms with E-state index < -0.39 is 37.1 Å². The van der Waals surface area contributed by atoms with Gasteiger partial charge in [0.05, 0.1) is 6.61 Å². The van der Waals surface area contributed by atoms with Crippen molar-refractivity contribution in [1.82, 2.24) is 0 Å². The smallest absolute Gasteiger partial charge is 0.123 e. The summed E-state index contributed by atoms with van der Waals surface area (Å²) in [4.78, 5) is 4.99. The first-order valence-corrected chi connectivity index (χ1v) is 11.8. The number of nitrogens with zero attached hydrogens (tertiary/aromatic N) is 1. The van der Waals surface area contributed by atoms with Crippen LogP contribution in [0.3, 0.4) is 0 Å². The number of halogens is 2. The summed E-state index contributed by atoms with van der Waals surface area (Å²) in [5.74, 6) is -0.339. The highest BCUT2D eigenvalue weighted by Gasteiger charge is 2.44. The van der Waals surface area contributed by atoms with Crippen LogP contribution in [0.1, 0.15) is 33.9 Å². The minimum atomic E-state index is -1.46. The minimum Gasteiger partial charge on any atom is -0.399 e. The van der Waals surface area contributed by atoms with Crippen molar-refractivity contribution < 1.29 is 34.4 Å². The van der Waals surface area contributed by atoms with E-state index in [1.54, 1.807) is 30.3 Å². The molecule has 1 aliphatic rings. The van der Waals surface area contributed by atoms with Crippen LogP contribution in [-0.4, -0.2) is 64.3 Å². The molecule has 1 heterocycles. The summed E-state index contributed by atoms with van der Waals surface area (Å²) >= 11 is 6.45. The van der Waals surface area contributed by atoms with Crippen molar-refractivity contribution in [2.75, 3.05) is 13.7 Å². The number of hydrogen-bond donors (Lipinski definition) is 4. The zero-order valence-corrected chi connectivity index (χ0v) is 20.2. The number of aliphatic hydroxyl groups excluding tert-OH is 4. The van der Waals surface area contributed by atoms with E-state index in [1.807, 2.05) is 24.3 Å². The maximum atomic E-state index is 13.3. The van der Waals surface area contributed by atoms with Crippen molar-refractivity contribution in [2.45, 2.75) is 36.9 Å². The predicted octanol–water partition coefficient (Wildman–Crippen LogP) is 2.98. The Morgan fingerprint density at radius 2 is 1.58 bits per heavy atom. The number of benzene rings is 3. The van der Waals surface area contributed by atoms with E-state index in [0.29, 0.717) is 28.3 Å². The summed E-state index contributed by atoms with van der Waals surface area (Å²) in [5, 5.41) is 44.7. The van der Waals surface area contributed by atoms with Crippen molar-refractivity contribution in [2.24, 2.45) is 5.16 Å². The Morgan fingerprint density at radius 3 is 2.19 bits per heavy atom. The summed E-state index contributed by atoms with van der Waals surface area (Å²) in [7, 11) is 1.45. The molecule has 4 rings (SSSR count). The zero-order valence-electron chi connectivity index (χ0n) is 19.5. The van der Waals surface area contributed by atoms with Crippen molar-refractivity contribution in [3.05, 3.63) is 105 Å². The predicted molar refractivity (Wildman–Crippen MR) is 132 cm³/mol.